The molecule has 0 saturated carbocycles. The van der Waals surface area contributed by atoms with Crippen molar-refractivity contribution in [2.24, 2.45) is 0 Å². The number of hydrogen-bond donors (Lipinski definition) is 5. The van der Waals surface area contributed by atoms with Crippen molar-refractivity contribution < 1.29 is 25.2 Å². The molecule has 1 aromatic heterocycles. The van der Waals surface area contributed by atoms with Crippen LogP contribution in [0.5, 0.6) is 0 Å². The van der Waals surface area contributed by atoms with Gasteiger partial charge in [0.25, 0.3) is 5.91 Å². The maximum atomic E-state index is 11.5. The number of hydrogen-bond acceptors (Lipinski definition) is 4. The summed E-state index contributed by atoms with van der Waals surface area (Å²) >= 11 is 0. The molecular weight excluding hydrogens is 254 g/mol. The summed E-state index contributed by atoms with van der Waals surface area (Å²) in [6.45, 7) is -0.259. The molecule has 0 aliphatic rings. The maximum Gasteiger partial charge on any atom is 0.326 e. The second-order valence-corrected chi connectivity index (χ2v) is 3.77. The lowest BCUT2D eigenvalue weighted by atomic mass is 10.1. The van der Waals surface area contributed by atoms with Crippen LogP contribution in [-0.2, 0) is 20.8 Å². The monoisotopic (exact) mass is 270 g/mol. The van der Waals surface area contributed by atoms with E-state index in [-0.39, 0.29) is 25.4 Å². The molecule has 104 valence electrons. The Hall–Kier alpha value is -2.42. The average Bonchev–Trinajstić information content (AvgIpc) is 2.87. The van der Waals surface area contributed by atoms with Gasteiger partial charge in [-0.25, -0.2) is 9.78 Å². The SMILES string of the molecule is [NH3+]CC(=O)NCC(=O)NC(Cc1cnc[nH]1)C(=O)O. The minimum absolute atomic E-state index is 0.0176. The number of amides is 2. The van der Waals surface area contributed by atoms with Gasteiger partial charge in [-0.3, -0.25) is 9.59 Å². The lowest BCUT2D eigenvalue weighted by Crippen LogP contribution is -2.58. The highest BCUT2D eigenvalue weighted by atomic mass is 16.4. The third-order valence-corrected chi connectivity index (χ3v) is 2.29. The highest BCUT2D eigenvalue weighted by Gasteiger charge is 2.21. The van der Waals surface area contributed by atoms with E-state index >= 15 is 0 Å². The Morgan fingerprint density at radius 2 is 2.16 bits per heavy atom. The van der Waals surface area contributed by atoms with Gasteiger partial charge in [-0.15, -0.1) is 0 Å². The number of aliphatic carboxylic acids is 1. The van der Waals surface area contributed by atoms with Crippen molar-refractivity contribution in [3.05, 3.63) is 18.2 Å². The van der Waals surface area contributed by atoms with Crippen molar-refractivity contribution in [3.8, 4) is 0 Å². The van der Waals surface area contributed by atoms with E-state index in [9.17, 15) is 14.4 Å². The molecule has 0 saturated heterocycles. The molecule has 0 bridgehead atoms. The molecule has 1 rings (SSSR count). The smallest absolute Gasteiger partial charge is 0.326 e. The first-order valence-corrected chi connectivity index (χ1v) is 5.58. The fourth-order valence-corrected chi connectivity index (χ4v) is 1.33. The van der Waals surface area contributed by atoms with E-state index in [0.717, 1.165) is 0 Å². The molecule has 9 nitrogen and oxygen atoms in total. The number of H-pyrrole nitrogens is 1. The van der Waals surface area contributed by atoms with E-state index in [0.29, 0.717) is 5.69 Å². The summed E-state index contributed by atoms with van der Waals surface area (Å²) < 4.78 is 0. The number of carboxylic acid groups (broad SMARTS) is 1. The Morgan fingerprint density at radius 1 is 1.42 bits per heavy atom. The fraction of sp³-hybridized carbons (Fsp3) is 0.400. The molecule has 0 aliphatic carbocycles. The lowest BCUT2D eigenvalue weighted by molar-refractivity contribution is -0.355. The highest BCUT2D eigenvalue weighted by molar-refractivity contribution is 5.88. The molecule has 1 atom stereocenters. The summed E-state index contributed by atoms with van der Waals surface area (Å²) in [4.78, 5) is 39.9. The minimum atomic E-state index is -1.16. The summed E-state index contributed by atoms with van der Waals surface area (Å²) in [6.07, 6.45) is 2.99. The van der Waals surface area contributed by atoms with Crippen LogP contribution in [0.4, 0.5) is 0 Å². The van der Waals surface area contributed by atoms with E-state index in [1.54, 1.807) is 0 Å². The van der Waals surface area contributed by atoms with Crippen molar-refractivity contribution in [3.63, 3.8) is 0 Å². The molecular formula is C10H16N5O4+. The minimum Gasteiger partial charge on any atom is -0.480 e. The average molecular weight is 270 g/mol. The molecule has 0 fully saturated rings. The number of nitrogens with zero attached hydrogens (tertiary/aromatic N) is 1. The number of carbonyl (C=O) groups excluding carboxylic acids is 2. The van der Waals surface area contributed by atoms with E-state index in [1.165, 1.54) is 12.5 Å². The van der Waals surface area contributed by atoms with Gasteiger partial charge in [0, 0.05) is 18.3 Å². The Bertz CT molecular complexity index is 445. The highest BCUT2D eigenvalue weighted by Crippen LogP contribution is 1.98. The third kappa shape index (κ3) is 5.17. The largest absolute Gasteiger partial charge is 0.480 e. The molecule has 0 spiro atoms. The number of carboxylic acids is 1. The van der Waals surface area contributed by atoms with E-state index in [4.69, 9.17) is 5.11 Å². The van der Waals surface area contributed by atoms with Gasteiger partial charge in [-0.1, -0.05) is 0 Å². The Morgan fingerprint density at radius 3 is 2.68 bits per heavy atom. The van der Waals surface area contributed by atoms with Crippen molar-refractivity contribution in [1.82, 2.24) is 20.6 Å². The maximum absolute atomic E-state index is 11.5. The van der Waals surface area contributed by atoms with Gasteiger partial charge in [0.15, 0.2) is 6.54 Å². The van der Waals surface area contributed by atoms with Crippen molar-refractivity contribution in [1.29, 1.82) is 0 Å². The summed E-state index contributed by atoms with van der Waals surface area (Å²) in [7, 11) is 0. The molecule has 1 aromatic rings. The first kappa shape index (κ1) is 14.6. The molecule has 1 unspecified atom stereocenters. The summed E-state index contributed by atoms with van der Waals surface area (Å²) in [5, 5.41) is 13.6. The van der Waals surface area contributed by atoms with Gasteiger partial charge in [0.2, 0.25) is 5.91 Å². The van der Waals surface area contributed by atoms with Gasteiger partial charge in [0.05, 0.1) is 12.9 Å². The van der Waals surface area contributed by atoms with Crippen molar-refractivity contribution in [2.45, 2.75) is 12.5 Å². The topological polar surface area (TPSA) is 152 Å². The quantitative estimate of drug-likeness (QED) is 0.355. The van der Waals surface area contributed by atoms with Gasteiger partial charge in [0.1, 0.15) is 6.04 Å². The molecule has 7 N–H and O–H groups in total. The summed E-state index contributed by atoms with van der Waals surface area (Å²) in [5.41, 5.74) is 3.95. The third-order valence-electron chi connectivity index (χ3n) is 2.29. The second-order valence-electron chi connectivity index (χ2n) is 3.77. The van der Waals surface area contributed by atoms with Crippen molar-refractivity contribution >= 4 is 17.8 Å². The Labute approximate surface area is 108 Å². The molecule has 19 heavy (non-hydrogen) atoms. The summed E-state index contributed by atoms with van der Waals surface area (Å²) in [6, 6.07) is -1.08. The van der Waals surface area contributed by atoms with E-state index in [1.807, 2.05) is 0 Å². The predicted molar refractivity (Wildman–Crippen MR) is 62.6 cm³/mol. The summed E-state index contributed by atoms with van der Waals surface area (Å²) in [5.74, 6) is -2.12. The Balaban J connectivity index is 2.47. The molecule has 0 radical (unpaired) electrons. The van der Waals surface area contributed by atoms with Crippen molar-refractivity contribution in [2.75, 3.05) is 13.1 Å². The standard InChI is InChI=1S/C10H15N5O4/c11-2-8(16)13-4-9(17)15-7(10(18)19)1-6-3-12-5-14-6/h3,5,7H,1-2,4,11H2,(H,12,14)(H,13,16)(H,15,17)(H,18,19)/p+1. The van der Waals surface area contributed by atoms with Gasteiger partial charge in [-0.05, 0) is 0 Å². The molecule has 1 heterocycles. The van der Waals surface area contributed by atoms with Crippen LogP contribution in [0.25, 0.3) is 0 Å². The molecule has 0 aliphatic heterocycles. The van der Waals surface area contributed by atoms with Gasteiger partial charge in [-0.2, -0.15) is 0 Å². The van der Waals surface area contributed by atoms with E-state index < -0.39 is 17.9 Å². The number of carbonyl (C=O) groups is 3. The number of rotatable bonds is 7. The first-order chi connectivity index (χ1) is 9.02. The molecule has 9 heteroatoms. The first-order valence-electron chi connectivity index (χ1n) is 5.58. The fourth-order valence-electron chi connectivity index (χ4n) is 1.33. The normalized spacial score (nSPS) is 11.6. The van der Waals surface area contributed by atoms with Crippen LogP contribution in [0, 0.1) is 0 Å². The van der Waals surface area contributed by atoms with Crippen LogP contribution in [0.2, 0.25) is 0 Å². The second kappa shape index (κ2) is 7.11. The number of aromatic amines is 1. The van der Waals surface area contributed by atoms with Crippen LogP contribution < -0.4 is 16.4 Å². The van der Waals surface area contributed by atoms with Crippen LogP contribution in [0.3, 0.4) is 0 Å². The zero-order chi connectivity index (χ0) is 14.3. The molecule has 2 amide bonds. The number of imidazole rings is 1. The van der Waals surface area contributed by atoms with Crippen LogP contribution in [0.15, 0.2) is 12.5 Å². The zero-order valence-electron chi connectivity index (χ0n) is 10.2. The number of quaternary nitrogens is 1. The van der Waals surface area contributed by atoms with Crippen LogP contribution >= 0.6 is 0 Å². The van der Waals surface area contributed by atoms with Crippen LogP contribution in [-0.4, -0.2) is 52.0 Å². The Kier molecular flexibility index (Phi) is 5.48. The number of aromatic nitrogens is 2. The van der Waals surface area contributed by atoms with Gasteiger partial charge < -0.3 is 26.5 Å². The van der Waals surface area contributed by atoms with Crippen LogP contribution in [0.1, 0.15) is 5.69 Å². The lowest BCUT2D eigenvalue weighted by Gasteiger charge is -2.13. The zero-order valence-corrected chi connectivity index (χ0v) is 10.2. The number of nitrogens with one attached hydrogen (secondary N) is 3. The predicted octanol–water partition coefficient (Wildman–Crippen LogP) is -3.12. The molecule has 0 aromatic carbocycles. The van der Waals surface area contributed by atoms with E-state index in [2.05, 4.69) is 26.3 Å². The van der Waals surface area contributed by atoms with Gasteiger partial charge >= 0.3 is 5.97 Å².